The minimum atomic E-state index is 0.810. The van der Waals surface area contributed by atoms with Gasteiger partial charge in [-0.15, -0.1) is 0 Å². The van der Waals surface area contributed by atoms with Gasteiger partial charge >= 0.3 is 0 Å². The van der Waals surface area contributed by atoms with Crippen LogP contribution in [-0.4, -0.2) is 30.8 Å². The lowest BCUT2D eigenvalue weighted by Gasteiger charge is -1.95. The molecule has 1 heterocycles. The highest BCUT2D eigenvalue weighted by atomic mass is 14.9. The molecule has 0 saturated heterocycles. The van der Waals surface area contributed by atoms with Gasteiger partial charge in [0.1, 0.15) is 0 Å². The predicted octanol–water partition coefficient (Wildman–Crippen LogP) is 1.11. The van der Waals surface area contributed by atoms with E-state index >= 15 is 0 Å². The maximum absolute atomic E-state index is 4.23. The van der Waals surface area contributed by atoms with Crippen LogP contribution in [0.5, 0.6) is 0 Å². The third-order valence-electron chi connectivity index (χ3n) is 1.58. The fourth-order valence-electron chi connectivity index (χ4n) is 0.931. The normalized spacial score (nSPS) is 10.8. The molecule has 0 aliphatic heterocycles. The number of nitrogens with zero attached hydrogens (tertiary/aromatic N) is 2. The van der Waals surface area contributed by atoms with Gasteiger partial charge in [-0.2, -0.15) is 0 Å². The highest BCUT2D eigenvalue weighted by Crippen LogP contribution is 1.87. The van der Waals surface area contributed by atoms with Crippen LogP contribution < -0.4 is 5.32 Å². The van der Waals surface area contributed by atoms with E-state index in [-0.39, 0.29) is 0 Å². The molecule has 0 amide bonds. The third kappa shape index (κ3) is 4.38. The Morgan fingerprint density at radius 3 is 3.15 bits per heavy atom. The molecule has 0 atom stereocenters. The Bertz CT molecular complexity index is 244. The van der Waals surface area contributed by atoms with Crippen molar-refractivity contribution < 1.29 is 0 Å². The Labute approximate surface area is 78.9 Å². The van der Waals surface area contributed by atoms with Crippen LogP contribution >= 0.6 is 0 Å². The topological polar surface area (TPSA) is 37.3 Å². The van der Waals surface area contributed by atoms with Gasteiger partial charge in [-0.05, 0) is 18.7 Å². The number of pyridine rings is 1. The Balaban J connectivity index is 2.25. The SMILES string of the molecule is CCNCCN=Cc1ccccn1. The molecule has 1 N–H and O–H groups in total. The van der Waals surface area contributed by atoms with E-state index in [2.05, 4.69) is 22.2 Å². The number of nitrogens with one attached hydrogen (secondary N) is 1. The molecule has 0 aliphatic carbocycles. The number of likely N-dealkylation sites (N-methyl/N-ethyl adjacent to an activating group) is 1. The smallest absolute Gasteiger partial charge is 0.0807 e. The first-order valence-corrected chi connectivity index (χ1v) is 4.55. The van der Waals surface area contributed by atoms with Crippen molar-refractivity contribution in [3.05, 3.63) is 30.1 Å². The van der Waals surface area contributed by atoms with Gasteiger partial charge in [-0.25, -0.2) is 0 Å². The van der Waals surface area contributed by atoms with Gasteiger partial charge in [0.2, 0.25) is 0 Å². The first kappa shape index (κ1) is 9.86. The minimum Gasteiger partial charge on any atom is -0.315 e. The summed E-state index contributed by atoms with van der Waals surface area (Å²) >= 11 is 0. The molecule has 0 aliphatic rings. The van der Waals surface area contributed by atoms with Crippen LogP contribution in [-0.2, 0) is 0 Å². The molecule has 0 radical (unpaired) electrons. The van der Waals surface area contributed by atoms with Crippen LogP contribution in [0.15, 0.2) is 29.4 Å². The Morgan fingerprint density at radius 2 is 2.46 bits per heavy atom. The number of hydrogen-bond acceptors (Lipinski definition) is 3. The molecule has 0 bridgehead atoms. The molecule has 1 aromatic rings. The molecular weight excluding hydrogens is 162 g/mol. The number of aliphatic imine (C=N–C) groups is 1. The van der Waals surface area contributed by atoms with Crippen molar-refractivity contribution in [2.24, 2.45) is 4.99 Å². The Morgan fingerprint density at radius 1 is 1.54 bits per heavy atom. The summed E-state index contributed by atoms with van der Waals surface area (Å²) in [6.45, 7) is 4.83. The molecule has 1 aromatic heterocycles. The molecule has 0 spiro atoms. The van der Waals surface area contributed by atoms with E-state index in [1.54, 1.807) is 12.4 Å². The highest BCUT2D eigenvalue weighted by molar-refractivity contribution is 5.76. The summed E-state index contributed by atoms with van der Waals surface area (Å²) in [7, 11) is 0. The molecule has 1 rings (SSSR count). The second-order valence-corrected chi connectivity index (χ2v) is 2.64. The van der Waals surface area contributed by atoms with Gasteiger partial charge in [0, 0.05) is 19.0 Å². The van der Waals surface area contributed by atoms with Gasteiger partial charge in [-0.3, -0.25) is 9.98 Å². The van der Waals surface area contributed by atoms with Crippen LogP contribution in [0.25, 0.3) is 0 Å². The van der Waals surface area contributed by atoms with Gasteiger partial charge in [0.25, 0.3) is 0 Å². The molecular formula is C10H15N3. The third-order valence-corrected chi connectivity index (χ3v) is 1.58. The van der Waals surface area contributed by atoms with E-state index < -0.39 is 0 Å². The molecule has 0 aromatic carbocycles. The van der Waals surface area contributed by atoms with Crippen LogP contribution in [0.2, 0.25) is 0 Å². The standard InChI is InChI=1S/C10H15N3/c1-2-11-7-8-12-9-10-5-3-4-6-13-10/h3-6,9,11H,2,7-8H2,1H3. The van der Waals surface area contributed by atoms with Crippen molar-refractivity contribution in [3.8, 4) is 0 Å². The quantitative estimate of drug-likeness (QED) is 0.540. The number of aromatic nitrogens is 1. The first-order valence-electron chi connectivity index (χ1n) is 4.55. The lowest BCUT2D eigenvalue weighted by molar-refractivity contribution is 0.726. The largest absolute Gasteiger partial charge is 0.315 e. The fraction of sp³-hybridized carbons (Fsp3) is 0.400. The predicted molar refractivity (Wildman–Crippen MR) is 55.2 cm³/mol. The van der Waals surface area contributed by atoms with E-state index in [0.717, 1.165) is 25.3 Å². The van der Waals surface area contributed by atoms with Crippen molar-refractivity contribution in [1.82, 2.24) is 10.3 Å². The molecule has 13 heavy (non-hydrogen) atoms. The molecule has 0 saturated carbocycles. The van der Waals surface area contributed by atoms with Crippen molar-refractivity contribution in [3.63, 3.8) is 0 Å². The fourth-order valence-corrected chi connectivity index (χ4v) is 0.931. The van der Waals surface area contributed by atoms with Gasteiger partial charge in [0.15, 0.2) is 0 Å². The van der Waals surface area contributed by atoms with Gasteiger partial charge < -0.3 is 5.32 Å². The minimum absolute atomic E-state index is 0.810. The Hall–Kier alpha value is -1.22. The maximum atomic E-state index is 4.23. The molecule has 0 unspecified atom stereocenters. The Kier molecular flexibility index (Phi) is 4.79. The second-order valence-electron chi connectivity index (χ2n) is 2.64. The summed E-state index contributed by atoms with van der Waals surface area (Å²) < 4.78 is 0. The maximum Gasteiger partial charge on any atom is 0.0807 e. The molecule has 0 fully saturated rings. The molecule has 70 valence electrons. The lowest BCUT2D eigenvalue weighted by Crippen LogP contribution is -2.16. The van der Waals surface area contributed by atoms with Crippen molar-refractivity contribution in [1.29, 1.82) is 0 Å². The van der Waals surface area contributed by atoms with Crippen molar-refractivity contribution in [2.75, 3.05) is 19.6 Å². The summed E-state index contributed by atoms with van der Waals surface area (Å²) in [5.41, 5.74) is 0.916. The highest BCUT2D eigenvalue weighted by Gasteiger charge is 1.84. The van der Waals surface area contributed by atoms with E-state index in [0.29, 0.717) is 0 Å². The van der Waals surface area contributed by atoms with Crippen LogP contribution in [0, 0.1) is 0 Å². The van der Waals surface area contributed by atoms with E-state index in [9.17, 15) is 0 Å². The average Bonchev–Trinajstić information content (AvgIpc) is 2.19. The average molecular weight is 177 g/mol. The van der Waals surface area contributed by atoms with E-state index in [1.165, 1.54) is 0 Å². The molecule has 3 heteroatoms. The van der Waals surface area contributed by atoms with E-state index in [4.69, 9.17) is 0 Å². The zero-order valence-corrected chi connectivity index (χ0v) is 7.90. The van der Waals surface area contributed by atoms with Crippen molar-refractivity contribution >= 4 is 6.21 Å². The summed E-state index contributed by atoms with van der Waals surface area (Å²) in [5, 5.41) is 3.20. The number of rotatable bonds is 5. The van der Waals surface area contributed by atoms with Crippen LogP contribution in [0.1, 0.15) is 12.6 Å². The summed E-state index contributed by atoms with van der Waals surface area (Å²) in [6.07, 6.45) is 3.57. The van der Waals surface area contributed by atoms with Crippen LogP contribution in [0.3, 0.4) is 0 Å². The number of hydrogen-bond donors (Lipinski definition) is 1. The van der Waals surface area contributed by atoms with Gasteiger partial charge in [-0.1, -0.05) is 13.0 Å². The van der Waals surface area contributed by atoms with Gasteiger partial charge in [0.05, 0.1) is 12.2 Å². The second kappa shape index (κ2) is 6.31. The monoisotopic (exact) mass is 177 g/mol. The zero-order valence-electron chi connectivity index (χ0n) is 7.90. The van der Waals surface area contributed by atoms with E-state index in [1.807, 2.05) is 18.2 Å². The summed E-state index contributed by atoms with van der Waals surface area (Å²) in [5.74, 6) is 0. The zero-order chi connectivity index (χ0) is 9.36. The lowest BCUT2D eigenvalue weighted by atomic mass is 10.4. The summed E-state index contributed by atoms with van der Waals surface area (Å²) in [4.78, 5) is 8.36. The van der Waals surface area contributed by atoms with Crippen molar-refractivity contribution in [2.45, 2.75) is 6.92 Å². The first-order chi connectivity index (χ1) is 6.43. The summed E-state index contributed by atoms with van der Waals surface area (Å²) in [6, 6.07) is 5.80. The molecule has 3 nitrogen and oxygen atoms in total. The van der Waals surface area contributed by atoms with Crippen LogP contribution in [0.4, 0.5) is 0 Å².